The van der Waals surface area contributed by atoms with Crippen molar-refractivity contribution in [2.75, 3.05) is 13.2 Å². The van der Waals surface area contributed by atoms with Crippen LogP contribution in [0.2, 0.25) is 0 Å². The van der Waals surface area contributed by atoms with Crippen LogP contribution >= 0.6 is 0 Å². The highest BCUT2D eigenvalue weighted by Gasteiger charge is 2.13. The zero-order chi connectivity index (χ0) is 17.6. The van der Waals surface area contributed by atoms with Gasteiger partial charge < -0.3 is 14.5 Å². The van der Waals surface area contributed by atoms with Crippen LogP contribution in [0.3, 0.4) is 0 Å². The summed E-state index contributed by atoms with van der Waals surface area (Å²) in [7, 11) is 0. The second kappa shape index (κ2) is 7.70. The van der Waals surface area contributed by atoms with Crippen LogP contribution in [0.15, 0.2) is 53.3 Å². The number of esters is 1. The number of aryl methyl sites for hydroxylation is 1. The van der Waals surface area contributed by atoms with Crippen molar-refractivity contribution >= 4 is 17.0 Å². The van der Waals surface area contributed by atoms with Gasteiger partial charge in [0.2, 0.25) is 0 Å². The van der Waals surface area contributed by atoms with Gasteiger partial charge in [-0.25, -0.2) is 9.59 Å². The number of fused-ring (bicyclic) bond motifs is 1. The summed E-state index contributed by atoms with van der Waals surface area (Å²) in [5, 5.41) is 0. The lowest BCUT2D eigenvalue weighted by Crippen LogP contribution is -2.18. The zero-order valence-electron chi connectivity index (χ0n) is 14.0. The number of carbonyl (C=O) groups excluding carboxylic acids is 1. The minimum Gasteiger partial charge on any atom is -0.493 e. The molecule has 1 heterocycles. The molecule has 0 fully saturated rings. The topological polar surface area (TPSA) is 73.3 Å². The summed E-state index contributed by atoms with van der Waals surface area (Å²) in [6, 6.07) is 14.5. The number of H-pyrrole nitrogens is 1. The molecule has 0 saturated heterocycles. The minimum atomic E-state index is -0.421. The van der Waals surface area contributed by atoms with Gasteiger partial charge in [0, 0.05) is 6.54 Å². The smallest absolute Gasteiger partial charge is 0.341 e. The van der Waals surface area contributed by atoms with Gasteiger partial charge in [-0.3, -0.25) is 4.57 Å². The molecule has 0 aliphatic carbocycles. The number of nitrogens with one attached hydrogen (secondary N) is 1. The largest absolute Gasteiger partial charge is 0.493 e. The molecule has 0 aliphatic rings. The highest BCUT2D eigenvalue weighted by atomic mass is 16.5. The van der Waals surface area contributed by atoms with Gasteiger partial charge in [0.1, 0.15) is 11.3 Å². The number of para-hydroxylation sites is 3. The third kappa shape index (κ3) is 3.74. The Morgan fingerprint density at radius 3 is 2.72 bits per heavy atom. The molecule has 0 spiro atoms. The number of carbonyl (C=O) groups is 1. The fourth-order valence-corrected chi connectivity index (χ4v) is 2.71. The summed E-state index contributed by atoms with van der Waals surface area (Å²) < 4.78 is 12.4. The fraction of sp³-hybridized carbons (Fsp3) is 0.263. The molecule has 0 bridgehead atoms. The van der Waals surface area contributed by atoms with Crippen LogP contribution in [0.4, 0.5) is 0 Å². The molecular weight excluding hydrogens is 320 g/mol. The van der Waals surface area contributed by atoms with E-state index in [4.69, 9.17) is 9.47 Å². The molecule has 0 radical (unpaired) electrons. The van der Waals surface area contributed by atoms with Gasteiger partial charge in [-0.05, 0) is 37.6 Å². The molecule has 130 valence electrons. The number of benzene rings is 2. The van der Waals surface area contributed by atoms with Crippen molar-refractivity contribution in [1.82, 2.24) is 9.55 Å². The predicted molar refractivity (Wildman–Crippen MR) is 95.1 cm³/mol. The van der Waals surface area contributed by atoms with Gasteiger partial charge in [0.25, 0.3) is 0 Å². The van der Waals surface area contributed by atoms with E-state index in [1.165, 1.54) is 0 Å². The number of ether oxygens (including phenoxy) is 2. The third-order valence-corrected chi connectivity index (χ3v) is 3.85. The maximum Gasteiger partial charge on any atom is 0.341 e. The van der Waals surface area contributed by atoms with Crippen molar-refractivity contribution in [2.45, 2.75) is 19.9 Å². The fourth-order valence-electron chi connectivity index (χ4n) is 2.71. The minimum absolute atomic E-state index is 0.158. The van der Waals surface area contributed by atoms with E-state index >= 15 is 0 Å². The Balaban J connectivity index is 1.59. The summed E-state index contributed by atoms with van der Waals surface area (Å²) in [6.45, 7) is 3.04. The van der Waals surface area contributed by atoms with Crippen molar-refractivity contribution in [1.29, 1.82) is 0 Å². The monoisotopic (exact) mass is 340 g/mol. The van der Waals surface area contributed by atoms with Gasteiger partial charge in [-0.15, -0.1) is 0 Å². The van der Waals surface area contributed by atoms with Crippen molar-refractivity contribution in [3.63, 3.8) is 0 Å². The SMILES string of the molecule is CCOc1ccccc1C(=O)OCCCn1c(=O)[nH]c2ccccc21. The Morgan fingerprint density at radius 2 is 1.88 bits per heavy atom. The summed E-state index contributed by atoms with van der Waals surface area (Å²) in [6.07, 6.45) is 0.546. The molecule has 0 aliphatic heterocycles. The molecule has 1 aromatic heterocycles. The first-order valence-corrected chi connectivity index (χ1v) is 8.27. The number of hydrogen-bond acceptors (Lipinski definition) is 4. The molecule has 6 nitrogen and oxygen atoms in total. The van der Waals surface area contributed by atoms with Gasteiger partial charge in [-0.1, -0.05) is 24.3 Å². The Hall–Kier alpha value is -3.02. The molecule has 3 aromatic rings. The second-order valence-electron chi connectivity index (χ2n) is 5.52. The van der Waals surface area contributed by atoms with E-state index in [-0.39, 0.29) is 12.3 Å². The van der Waals surface area contributed by atoms with E-state index in [2.05, 4.69) is 4.98 Å². The first-order chi connectivity index (χ1) is 12.2. The van der Waals surface area contributed by atoms with Crippen LogP contribution in [0.5, 0.6) is 5.75 Å². The van der Waals surface area contributed by atoms with E-state index in [1.54, 1.807) is 22.8 Å². The average molecular weight is 340 g/mol. The van der Waals surface area contributed by atoms with Crippen molar-refractivity contribution in [3.8, 4) is 5.75 Å². The lowest BCUT2D eigenvalue weighted by molar-refractivity contribution is 0.0491. The standard InChI is InChI=1S/C19H20N2O4/c1-2-24-17-11-6-3-8-14(17)18(22)25-13-7-12-21-16-10-5-4-9-15(16)20-19(21)23/h3-6,8-11H,2,7,12-13H2,1H3,(H,20,23). The van der Waals surface area contributed by atoms with Gasteiger partial charge >= 0.3 is 11.7 Å². The van der Waals surface area contributed by atoms with E-state index in [0.717, 1.165) is 11.0 Å². The van der Waals surface area contributed by atoms with Crippen LogP contribution in [0, 0.1) is 0 Å². The Morgan fingerprint density at radius 1 is 1.12 bits per heavy atom. The van der Waals surface area contributed by atoms with Crippen LogP contribution in [0.1, 0.15) is 23.7 Å². The number of aromatic nitrogens is 2. The molecular formula is C19H20N2O4. The third-order valence-electron chi connectivity index (χ3n) is 3.85. The van der Waals surface area contributed by atoms with Crippen molar-refractivity contribution in [3.05, 3.63) is 64.6 Å². The van der Waals surface area contributed by atoms with E-state index in [1.807, 2.05) is 37.3 Å². The van der Waals surface area contributed by atoms with E-state index < -0.39 is 5.97 Å². The van der Waals surface area contributed by atoms with E-state index in [0.29, 0.717) is 30.9 Å². The predicted octanol–water partition coefficient (Wildman–Crippen LogP) is 2.98. The Kier molecular flexibility index (Phi) is 5.18. The van der Waals surface area contributed by atoms with Crippen molar-refractivity contribution in [2.24, 2.45) is 0 Å². The van der Waals surface area contributed by atoms with Gasteiger partial charge in [0.15, 0.2) is 0 Å². The quantitative estimate of drug-likeness (QED) is 0.530. The molecule has 0 unspecified atom stereocenters. The van der Waals surface area contributed by atoms with Crippen LogP contribution in [0.25, 0.3) is 11.0 Å². The lowest BCUT2D eigenvalue weighted by atomic mass is 10.2. The molecule has 1 N–H and O–H groups in total. The Labute approximate surface area is 145 Å². The zero-order valence-corrected chi connectivity index (χ0v) is 14.0. The lowest BCUT2D eigenvalue weighted by Gasteiger charge is -2.10. The van der Waals surface area contributed by atoms with Crippen molar-refractivity contribution < 1.29 is 14.3 Å². The molecule has 2 aromatic carbocycles. The maximum atomic E-state index is 12.2. The molecule has 0 saturated carbocycles. The van der Waals surface area contributed by atoms with Gasteiger partial charge in [0.05, 0.1) is 24.2 Å². The van der Waals surface area contributed by atoms with Crippen LogP contribution in [-0.2, 0) is 11.3 Å². The van der Waals surface area contributed by atoms with Gasteiger partial charge in [-0.2, -0.15) is 0 Å². The number of hydrogen-bond donors (Lipinski definition) is 1. The highest BCUT2D eigenvalue weighted by Crippen LogP contribution is 2.19. The first kappa shape index (κ1) is 16.8. The summed E-state index contributed by atoms with van der Waals surface area (Å²) >= 11 is 0. The number of rotatable bonds is 7. The number of aromatic amines is 1. The molecule has 6 heteroatoms. The summed E-state index contributed by atoms with van der Waals surface area (Å²) in [4.78, 5) is 27.0. The second-order valence-corrected chi connectivity index (χ2v) is 5.52. The molecule has 0 atom stereocenters. The Bertz CT molecular complexity index is 926. The molecule has 0 amide bonds. The van der Waals surface area contributed by atoms with Crippen LogP contribution < -0.4 is 10.4 Å². The molecule has 3 rings (SSSR count). The number of imidazole rings is 1. The highest BCUT2D eigenvalue weighted by molar-refractivity contribution is 5.92. The van der Waals surface area contributed by atoms with E-state index in [9.17, 15) is 9.59 Å². The maximum absolute atomic E-state index is 12.2. The average Bonchev–Trinajstić information content (AvgIpc) is 2.94. The summed E-state index contributed by atoms with van der Waals surface area (Å²) in [5.74, 6) is 0.0955. The summed E-state index contributed by atoms with van der Waals surface area (Å²) in [5.41, 5.74) is 1.90. The van der Waals surface area contributed by atoms with Crippen LogP contribution in [-0.4, -0.2) is 28.7 Å². The first-order valence-electron chi connectivity index (χ1n) is 8.27. The normalized spacial score (nSPS) is 10.8. The molecule has 25 heavy (non-hydrogen) atoms. The number of nitrogens with zero attached hydrogens (tertiary/aromatic N) is 1.